The predicted octanol–water partition coefficient (Wildman–Crippen LogP) is 1.81. The summed E-state index contributed by atoms with van der Waals surface area (Å²) in [5.74, 6) is 0.0446. The topological polar surface area (TPSA) is 79.2 Å². The quantitative estimate of drug-likeness (QED) is 0.900. The van der Waals surface area contributed by atoms with Crippen molar-refractivity contribution in [2.75, 3.05) is 17.7 Å². The second-order valence-corrected chi connectivity index (χ2v) is 6.77. The summed E-state index contributed by atoms with van der Waals surface area (Å²) in [5.41, 5.74) is 0.842. The molecule has 1 aliphatic rings. The molecule has 3 unspecified atom stereocenters. The Morgan fingerprint density at radius 1 is 1.57 bits per heavy atom. The van der Waals surface area contributed by atoms with E-state index in [0.29, 0.717) is 23.6 Å². The molecule has 1 saturated heterocycles. The third-order valence-corrected chi connectivity index (χ3v) is 5.15. The molecule has 3 atom stereocenters. The van der Waals surface area contributed by atoms with Gasteiger partial charge in [0.05, 0.1) is 23.1 Å². The second-order valence-electron chi connectivity index (χ2n) is 4.97. The van der Waals surface area contributed by atoms with Gasteiger partial charge in [-0.3, -0.25) is 9.00 Å². The molecule has 1 amide bonds. The minimum absolute atomic E-state index is 0.00696. The number of carbonyl (C=O) groups is 1. The van der Waals surface area contributed by atoms with Gasteiger partial charge in [-0.1, -0.05) is 12.1 Å². The number of benzene rings is 1. The van der Waals surface area contributed by atoms with Gasteiger partial charge in [0, 0.05) is 17.4 Å². The van der Waals surface area contributed by atoms with Crippen LogP contribution in [0.15, 0.2) is 24.3 Å². The Morgan fingerprint density at radius 3 is 3.00 bits per heavy atom. The van der Waals surface area contributed by atoms with E-state index in [2.05, 4.69) is 5.32 Å². The summed E-state index contributed by atoms with van der Waals surface area (Å²) in [6.45, 7) is 2.34. The average molecular weight is 306 g/mol. The van der Waals surface area contributed by atoms with Crippen molar-refractivity contribution in [2.24, 2.45) is 0 Å². The number of nitrogens with one attached hydrogen (secondary N) is 1. The molecular weight excluding hydrogens is 288 g/mol. The van der Waals surface area contributed by atoms with Gasteiger partial charge in [0.25, 0.3) is 0 Å². The lowest BCUT2D eigenvalue weighted by Gasteiger charge is -2.15. The van der Waals surface area contributed by atoms with Crippen LogP contribution in [0.5, 0.6) is 0 Å². The number of para-hydroxylation sites is 1. The molecule has 0 radical (unpaired) electrons. The number of nitrogens with zero attached hydrogens (tertiary/aromatic N) is 1. The van der Waals surface area contributed by atoms with Crippen LogP contribution in [-0.4, -0.2) is 33.8 Å². The number of rotatable bonds is 5. The van der Waals surface area contributed by atoms with Gasteiger partial charge in [0.1, 0.15) is 11.3 Å². The van der Waals surface area contributed by atoms with E-state index in [-0.39, 0.29) is 12.0 Å². The zero-order chi connectivity index (χ0) is 15.2. The number of anilines is 1. The van der Waals surface area contributed by atoms with Crippen molar-refractivity contribution in [1.29, 1.82) is 5.26 Å². The Balaban J connectivity index is 1.95. The van der Waals surface area contributed by atoms with E-state index in [1.165, 1.54) is 0 Å². The van der Waals surface area contributed by atoms with Gasteiger partial charge in [-0.05, 0) is 31.9 Å². The molecular formula is C15H18N2O3S. The summed E-state index contributed by atoms with van der Waals surface area (Å²) >= 11 is 0. The highest BCUT2D eigenvalue weighted by atomic mass is 32.2. The first-order valence-corrected chi connectivity index (χ1v) is 8.29. The van der Waals surface area contributed by atoms with E-state index in [0.717, 1.165) is 12.8 Å². The molecule has 0 saturated carbocycles. The summed E-state index contributed by atoms with van der Waals surface area (Å²) in [5, 5.41) is 11.0. The average Bonchev–Trinajstić information content (AvgIpc) is 2.99. The van der Waals surface area contributed by atoms with Crippen LogP contribution in [0, 0.1) is 11.3 Å². The molecule has 1 aliphatic heterocycles. The predicted molar refractivity (Wildman–Crippen MR) is 81.2 cm³/mol. The smallest absolute Gasteiger partial charge is 0.239 e. The van der Waals surface area contributed by atoms with Crippen LogP contribution in [-0.2, 0) is 20.3 Å². The molecule has 112 valence electrons. The molecule has 0 aromatic heterocycles. The first-order valence-electron chi connectivity index (χ1n) is 6.90. The zero-order valence-electron chi connectivity index (χ0n) is 11.9. The van der Waals surface area contributed by atoms with Crippen molar-refractivity contribution >= 4 is 22.4 Å². The third-order valence-electron chi connectivity index (χ3n) is 3.44. The molecule has 1 N–H and O–H groups in total. The van der Waals surface area contributed by atoms with E-state index < -0.39 is 16.0 Å². The third kappa shape index (κ3) is 4.13. The Hall–Kier alpha value is -1.71. The van der Waals surface area contributed by atoms with Gasteiger partial charge in [-0.15, -0.1) is 0 Å². The highest BCUT2D eigenvalue weighted by molar-refractivity contribution is 7.86. The Bertz CT molecular complexity index is 577. The lowest BCUT2D eigenvalue weighted by atomic mass is 10.2. The molecule has 21 heavy (non-hydrogen) atoms. The van der Waals surface area contributed by atoms with Gasteiger partial charge < -0.3 is 10.1 Å². The normalized spacial score (nSPS) is 20.5. The van der Waals surface area contributed by atoms with E-state index in [4.69, 9.17) is 10.00 Å². The summed E-state index contributed by atoms with van der Waals surface area (Å²) in [7, 11) is -1.29. The van der Waals surface area contributed by atoms with Crippen molar-refractivity contribution < 1.29 is 13.7 Å². The van der Waals surface area contributed by atoms with E-state index >= 15 is 0 Å². The number of amides is 1. The molecule has 0 bridgehead atoms. The second kappa shape index (κ2) is 7.34. The van der Waals surface area contributed by atoms with Crippen molar-refractivity contribution in [3.63, 3.8) is 0 Å². The van der Waals surface area contributed by atoms with Gasteiger partial charge in [0.2, 0.25) is 5.91 Å². The molecule has 6 heteroatoms. The molecule has 5 nitrogen and oxygen atoms in total. The minimum Gasteiger partial charge on any atom is -0.377 e. The SMILES string of the molecule is CC(C(=O)Nc1ccccc1C#N)S(=O)CC1CCCO1. The molecule has 1 fully saturated rings. The number of hydrogen-bond acceptors (Lipinski definition) is 4. The van der Waals surface area contributed by atoms with E-state index in [1.807, 2.05) is 6.07 Å². The number of hydrogen-bond donors (Lipinski definition) is 1. The van der Waals surface area contributed by atoms with Gasteiger partial charge in [-0.25, -0.2) is 0 Å². The Labute approximate surface area is 126 Å². The van der Waals surface area contributed by atoms with Gasteiger partial charge >= 0.3 is 0 Å². The van der Waals surface area contributed by atoms with Gasteiger partial charge in [0.15, 0.2) is 0 Å². The largest absolute Gasteiger partial charge is 0.377 e. The van der Waals surface area contributed by atoms with Crippen LogP contribution in [0.3, 0.4) is 0 Å². The maximum Gasteiger partial charge on any atom is 0.239 e. The van der Waals surface area contributed by atoms with E-state index in [1.54, 1.807) is 31.2 Å². The molecule has 1 aromatic rings. The fourth-order valence-electron chi connectivity index (χ4n) is 2.15. The summed E-state index contributed by atoms with van der Waals surface area (Å²) in [6.07, 6.45) is 1.88. The van der Waals surface area contributed by atoms with Crippen LogP contribution in [0.2, 0.25) is 0 Å². The van der Waals surface area contributed by atoms with Crippen LogP contribution in [0.1, 0.15) is 25.3 Å². The first kappa shape index (κ1) is 15.7. The van der Waals surface area contributed by atoms with Crippen molar-refractivity contribution in [2.45, 2.75) is 31.1 Å². The van der Waals surface area contributed by atoms with Crippen molar-refractivity contribution in [3.8, 4) is 6.07 Å². The highest BCUT2D eigenvalue weighted by Crippen LogP contribution is 2.17. The summed E-state index contributed by atoms with van der Waals surface area (Å²) < 4.78 is 17.6. The fraction of sp³-hybridized carbons (Fsp3) is 0.467. The fourth-order valence-corrected chi connectivity index (χ4v) is 3.36. The monoisotopic (exact) mass is 306 g/mol. The minimum atomic E-state index is -1.29. The van der Waals surface area contributed by atoms with Crippen LogP contribution >= 0.6 is 0 Å². The maximum absolute atomic E-state index is 12.2. The van der Waals surface area contributed by atoms with E-state index in [9.17, 15) is 9.00 Å². The van der Waals surface area contributed by atoms with Crippen molar-refractivity contribution in [3.05, 3.63) is 29.8 Å². The number of ether oxygens (including phenoxy) is 1. The number of carbonyl (C=O) groups excluding carboxylic acids is 1. The molecule has 2 rings (SSSR count). The number of nitriles is 1. The maximum atomic E-state index is 12.2. The molecule has 0 aliphatic carbocycles. The zero-order valence-corrected chi connectivity index (χ0v) is 12.7. The first-order chi connectivity index (χ1) is 10.1. The van der Waals surface area contributed by atoms with Crippen LogP contribution in [0.25, 0.3) is 0 Å². The molecule has 1 aromatic carbocycles. The van der Waals surface area contributed by atoms with Crippen LogP contribution < -0.4 is 5.32 Å². The summed E-state index contributed by atoms with van der Waals surface area (Å²) in [4.78, 5) is 12.1. The highest BCUT2D eigenvalue weighted by Gasteiger charge is 2.25. The molecule has 1 heterocycles. The van der Waals surface area contributed by atoms with Gasteiger partial charge in [-0.2, -0.15) is 5.26 Å². The lowest BCUT2D eigenvalue weighted by molar-refractivity contribution is -0.115. The van der Waals surface area contributed by atoms with Crippen LogP contribution in [0.4, 0.5) is 5.69 Å². The molecule has 0 spiro atoms. The lowest BCUT2D eigenvalue weighted by Crippen LogP contribution is -2.33. The Kier molecular flexibility index (Phi) is 5.48. The standard InChI is InChI=1S/C15H18N2O3S/c1-11(21(19)10-13-6-4-8-20-13)15(18)17-14-7-3-2-5-12(14)9-16/h2-3,5,7,11,13H,4,6,8,10H2,1H3,(H,17,18). The summed E-state index contributed by atoms with van der Waals surface area (Å²) in [6, 6.07) is 8.77. The Morgan fingerprint density at radius 2 is 2.33 bits per heavy atom. The van der Waals surface area contributed by atoms with Crippen molar-refractivity contribution in [1.82, 2.24) is 0 Å².